The van der Waals surface area contributed by atoms with Crippen LogP contribution in [0.25, 0.3) is 10.4 Å². The Morgan fingerprint density at radius 1 is 1.43 bits per heavy atom. The first-order valence-electron chi connectivity index (χ1n) is 3.86. The fraction of sp³-hybridized carbons (Fsp3) is 0.100. The van der Waals surface area contributed by atoms with Gasteiger partial charge in [0.15, 0.2) is 0 Å². The van der Waals surface area contributed by atoms with Gasteiger partial charge in [0.2, 0.25) is 0 Å². The van der Waals surface area contributed by atoms with E-state index < -0.39 is 0 Å². The lowest BCUT2D eigenvalue weighted by Gasteiger charge is -1.89. The summed E-state index contributed by atoms with van der Waals surface area (Å²) in [6.45, 7) is 0.146. The molecule has 0 aliphatic rings. The molecule has 0 spiro atoms. The van der Waals surface area contributed by atoms with Crippen LogP contribution in [0, 0.1) is 23.2 Å². The molecule has 0 saturated carbocycles. The van der Waals surface area contributed by atoms with E-state index in [2.05, 4.69) is 21.9 Å². The summed E-state index contributed by atoms with van der Waals surface area (Å²) in [6, 6.07) is 8.97. The normalized spacial score (nSPS) is 7.64. The Labute approximate surface area is 81.4 Å². The zero-order valence-electron chi connectivity index (χ0n) is 7.31. The Morgan fingerprint density at radius 3 is 2.93 bits per heavy atom. The molecule has 0 N–H and O–H groups in total. The highest BCUT2D eigenvalue weighted by Crippen LogP contribution is 2.01. The number of nitrogens with zero attached hydrogens (tertiary/aromatic N) is 4. The average Bonchev–Trinajstić information content (AvgIpc) is 2.25. The van der Waals surface area contributed by atoms with Crippen molar-refractivity contribution in [2.24, 2.45) is 5.11 Å². The number of rotatable bonds is 1. The van der Waals surface area contributed by atoms with E-state index in [1.807, 2.05) is 6.07 Å². The van der Waals surface area contributed by atoms with Crippen molar-refractivity contribution >= 4 is 0 Å². The second-order valence-corrected chi connectivity index (χ2v) is 2.38. The smallest absolute Gasteiger partial charge is 0.0992 e. The summed E-state index contributed by atoms with van der Waals surface area (Å²) in [5.74, 6) is 5.46. The van der Waals surface area contributed by atoms with Crippen LogP contribution in [0.2, 0.25) is 0 Å². The zero-order valence-corrected chi connectivity index (χ0v) is 7.31. The van der Waals surface area contributed by atoms with E-state index >= 15 is 0 Å². The van der Waals surface area contributed by atoms with Crippen LogP contribution in [0.5, 0.6) is 0 Å². The molecule has 4 heteroatoms. The van der Waals surface area contributed by atoms with Crippen molar-refractivity contribution in [1.29, 1.82) is 5.26 Å². The van der Waals surface area contributed by atoms with Crippen LogP contribution in [0.15, 0.2) is 29.4 Å². The van der Waals surface area contributed by atoms with Crippen molar-refractivity contribution < 1.29 is 0 Å². The summed E-state index contributed by atoms with van der Waals surface area (Å²) in [4.78, 5) is 2.57. The lowest BCUT2D eigenvalue weighted by atomic mass is 10.1. The maximum atomic E-state index is 8.61. The van der Waals surface area contributed by atoms with Gasteiger partial charge in [-0.25, -0.2) is 0 Å². The molecule has 0 fully saturated rings. The SMILES string of the molecule is N#Cc1cccc(C#CCN=[N+]=[N-])c1. The van der Waals surface area contributed by atoms with Gasteiger partial charge in [0.05, 0.1) is 18.2 Å². The minimum atomic E-state index is 0.146. The lowest BCUT2D eigenvalue weighted by molar-refractivity contribution is 1.25. The average molecular weight is 182 g/mol. The Balaban J connectivity index is 2.80. The molecule has 0 unspecified atom stereocenters. The van der Waals surface area contributed by atoms with Gasteiger partial charge >= 0.3 is 0 Å². The van der Waals surface area contributed by atoms with E-state index in [0.717, 1.165) is 5.56 Å². The summed E-state index contributed by atoms with van der Waals surface area (Å²) in [6.07, 6.45) is 0. The summed E-state index contributed by atoms with van der Waals surface area (Å²) in [7, 11) is 0. The molecule has 0 radical (unpaired) electrons. The third kappa shape index (κ3) is 2.91. The Hall–Kier alpha value is -2.42. The van der Waals surface area contributed by atoms with Gasteiger partial charge in [-0.15, -0.1) is 0 Å². The van der Waals surface area contributed by atoms with Crippen LogP contribution < -0.4 is 0 Å². The van der Waals surface area contributed by atoms with E-state index in [1.165, 1.54) is 0 Å². The molecule has 1 aromatic carbocycles. The standard InChI is InChI=1S/C10H6N4/c11-8-10-4-1-3-9(7-10)5-2-6-13-14-12/h1,3-4,7H,6H2. The largest absolute Gasteiger partial charge is 0.192 e. The molecule has 0 atom stereocenters. The van der Waals surface area contributed by atoms with Crippen molar-refractivity contribution in [1.82, 2.24) is 0 Å². The number of hydrogen-bond donors (Lipinski definition) is 0. The van der Waals surface area contributed by atoms with Crippen molar-refractivity contribution in [3.63, 3.8) is 0 Å². The van der Waals surface area contributed by atoms with Crippen molar-refractivity contribution in [3.8, 4) is 17.9 Å². The van der Waals surface area contributed by atoms with E-state index in [9.17, 15) is 0 Å². The predicted molar refractivity (Wildman–Crippen MR) is 52.0 cm³/mol. The third-order valence-electron chi connectivity index (χ3n) is 1.44. The van der Waals surface area contributed by atoms with Crippen LogP contribution in [-0.4, -0.2) is 6.54 Å². The molecule has 1 rings (SSSR count). The first-order valence-corrected chi connectivity index (χ1v) is 3.86. The molecule has 0 aromatic heterocycles. The molecule has 66 valence electrons. The number of nitriles is 1. The highest BCUT2D eigenvalue weighted by atomic mass is 15.1. The first-order chi connectivity index (χ1) is 6.86. The fourth-order valence-corrected chi connectivity index (χ4v) is 0.875. The molecule has 0 aliphatic heterocycles. The maximum absolute atomic E-state index is 8.61. The summed E-state index contributed by atoms with van der Waals surface area (Å²) in [5, 5.41) is 11.9. The van der Waals surface area contributed by atoms with Gasteiger partial charge in [0, 0.05) is 10.5 Å². The Morgan fingerprint density at radius 2 is 2.21 bits per heavy atom. The van der Waals surface area contributed by atoms with Crippen molar-refractivity contribution in [3.05, 3.63) is 45.8 Å². The molecule has 4 nitrogen and oxygen atoms in total. The van der Waals surface area contributed by atoms with E-state index in [0.29, 0.717) is 5.56 Å². The van der Waals surface area contributed by atoms with E-state index in [4.69, 9.17) is 10.8 Å². The van der Waals surface area contributed by atoms with Crippen molar-refractivity contribution in [2.45, 2.75) is 0 Å². The lowest BCUT2D eigenvalue weighted by Crippen LogP contribution is -1.78. The fourth-order valence-electron chi connectivity index (χ4n) is 0.875. The molecule has 0 amide bonds. The van der Waals surface area contributed by atoms with Gasteiger partial charge in [-0.3, -0.25) is 0 Å². The van der Waals surface area contributed by atoms with Gasteiger partial charge in [0.25, 0.3) is 0 Å². The monoisotopic (exact) mass is 182 g/mol. The molecule has 0 bridgehead atoms. The number of benzene rings is 1. The van der Waals surface area contributed by atoms with Crippen LogP contribution >= 0.6 is 0 Å². The third-order valence-corrected chi connectivity index (χ3v) is 1.44. The highest BCUT2D eigenvalue weighted by Gasteiger charge is 1.89. The highest BCUT2D eigenvalue weighted by molar-refractivity contribution is 5.41. The topological polar surface area (TPSA) is 72.5 Å². The number of azide groups is 1. The molecule has 1 aromatic rings. The van der Waals surface area contributed by atoms with Crippen LogP contribution in [-0.2, 0) is 0 Å². The minimum absolute atomic E-state index is 0.146. The van der Waals surface area contributed by atoms with Gasteiger partial charge in [0.1, 0.15) is 0 Å². The molecule has 14 heavy (non-hydrogen) atoms. The Kier molecular flexibility index (Phi) is 3.64. The Bertz CT molecular complexity index is 467. The summed E-state index contributed by atoms with van der Waals surface area (Å²) < 4.78 is 0. The summed E-state index contributed by atoms with van der Waals surface area (Å²) in [5.41, 5.74) is 9.31. The molecular formula is C10H6N4. The summed E-state index contributed by atoms with van der Waals surface area (Å²) >= 11 is 0. The molecule has 0 aliphatic carbocycles. The van der Waals surface area contributed by atoms with Crippen molar-refractivity contribution in [2.75, 3.05) is 6.54 Å². The minimum Gasteiger partial charge on any atom is -0.192 e. The first kappa shape index (κ1) is 9.67. The predicted octanol–water partition coefficient (Wildman–Crippen LogP) is 2.22. The second kappa shape index (κ2) is 5.27. The van der Waals surface area contributed by atoms with E-state index in [1.54, 1.807) is 24.3 Å². The maximum Gasteiger partial charge on any atom is 0.0992 e. The molecule has 0 saturated heterocycles. The van der Waals surface area contributed by atoms with E-state index in [-0.39, 0.29) is 6.54 Å². The second-order valence-electron chi connectivity index (χ2n) is 2.38. The zero-order chi connectivity index (χ0) is 10.2. The molecular weight excluding hydrogens is 176 g/mol. The van der Waals surface area contributed by atoms with Gasteiger partial charge in [-0.05, 0) is 23.7 Å². The molecule has 0 heterocycles. The quantitative estimate of drug-likeness (QED) is 0.284. The van der Waals surface area contributed by atoms with Crippen LogP contribution in [0.3, 0.4) is 0 Å². The van der Waals surface area contributed by atoms with Gasteiger partial charge < -0.3 is 0 Å². The number of hydrogen-bond acceptors (Lipinski definition) is 2. The van der Waals surface area contributed by atoms with Crippen LogP contribution in [0.4, 0.5) is 0 Å². The van der Waals surface area contributed by atoms with Crippen LogP contribution in [0.1, 0.15) is 11.1 Å². The van der Waals surface area contributed by atoms with Gasteiger partial charge in [-0.2, -0.15) is 5.26 Å². The van der Waals surface area contributed by atoms with Gasteiger partial charge in [-0.1, -0.05) is 23.0 Å².